The van der Waals surface area contributed by atoms with Crippen LogP contribution in [0.4, 0.5) is 21.2 Å². The normalized spacial score (nSPS) is 20.2. The van der Waals surface area contributed by atoms with Crippen LogP contribution >= 0.6 is 11.3 Å². The summed E-state index contributed by atoms with van der Waals surface area (Å²) in [4.78, 5) is 27.5. The van der Waals surface area contributed by atoms with Crippen molar-refractivity contribution in [3.8, 4) is 17.2 Å². The predicted octanol–water partition coefficient (Wildman–Crippen LogP) is 7.64. The minimum absolute atomic E-state index is 0.0387. The van der Waals surface area contributed by atoms with Gasteiger partial charge in [0.25, 0.3) is 0 Å². The summed E-state index contributed by atoms with van der Waals surface area (Å²) in [5.74, 6) is 1.99. The molecule has 0 spiro atoms. The van der Waals surface area contributed by atoms with E-state index in [1.165, 1.54) is 18.9 Å². The number of nitriles is 1. The zero-order chi connectivity index (χ0) is 36.6. The van der Waals surface area contributed by atoms with Gasteiger partial charge >= 0.3 is 0 Å². The third kappa shape index (κ3) is 6.84. The van der Waals surface area contributed by atoms with Gasteiger partial charge in [-0.15, -0.1) is 11.3 Å². The Bertz CT molecular complexity index is 1990. The van der Waals surface area contributed by atoms with Crippen LogP contribution in [0.3, 0.4) is 0 Å². The molecule has 272 valence electrons. The lowest BCUT2D eigenvalue weighted by Crippen LogP contribution is -2.45. The molecule has 0 bridgehead atoms. The summed E-state index contributed by atoms with van der Waals surface area (Å²) in [5.41, 5.74) is 11.8. The van der Waals surface area contributed by atoms with E-state index in [-0.39, 0.29) is 23.5 Å². The molecule has 10 nitrogen and oxygen atoms in total. The number of likely N-dealkylation sites (N-methyl/N-ethyl adjacent to an activating group) is 1. The van der Waals surface area contributed by atoms with E-state index in [0.717, 1.165) is 75.5 Å². The van der Waals surface area contributed by atoms with Crippen LogP contribution in [-0.4, -0.2) is 66.7 Å². The Balaban J connectivity index is 0.000000689. The molecule has 51 heavy (non-hydrogen) atoms. The summed E-state index contributed by atoms with van der Waals surface area (Å²) >= 11 is 1.09. The van der Waals surface area contributed by atoms with Crippen molar-refractivity contribution in [2.75, 3.05) is 49.7 Å². The van der Waals surface area contributed by atoms with Gasteiger partial charge in [-0.3, -0.25) is 4.79 Å². The number of anilines is 3. The van der Waals surface area contributed by atoms with Gasteiger partial charge in [-0.1, -0.05) is 53.5 Å². The van der Waals surface area contributed by atoms with Gasteiger partial charge in [0.05, 0.1) is 35.1 Å². The number of nitrogens with two attached hydrogens (primary N) is 1. The van der Waals surface area contributed by atoms with E-state index in [2.05, 4.69) is 50.9 Å². The second-order valence-electron chi connectivity index (χ2n) is 14.4. The average molecular weight is 716 g/mol. The average Bonchev–Trinajstić information content (AvgIpc) is 3.83. The highest BCUT2D eigenvalue weighted by molar-refractivity contribution is 7.23. The number of carbonyl (C=O) groups excluding carboxylic acids is 1. The molecule has 2 fully saturated rings. The molecule has 3 N–H and O–H groups in total. The number of likely N-dealkylation sites (tertiary alicyclic amines) is 1. The Kier molecular flexibility index (Phi) is 11.0. The van der Waals surface area contributed by atoms with Gasteiger partial charge in [0, 0.05) is 50.5 Å². The number of fused-ring (bicyclic) bond motifs is 4. The summed E-state index contributed by atoms with van der Waals surface area (Å²) in [5, 5.41) is 15.3. The van der Waals surface area contributed by atoms with E-state index < -0.39 is 11.9 Å². The van der Waals surface area contributed by atoms with E-state index in [1.807, 2.05) is 7.05 Å². The Morgan fingerprint density at radius 3 is 2.61 bits per heavy atom. The maximum atomic E-state index is 15.1. The summed E-state index contributed by atoms with van der Waals surface area (Å²) < 4.78 is 27.3. The smallest absolute Gasteiger partial charge is 0.244 e. The number of nitrogens with zero attached hydrogens (tertiary/aromatic N) is 5. The number of hydrogen-bond acceptors (Lipinski definition) is 10. The fourth-order valence-electron chi connectivity index (χ4n) is 7.87. The number of benzene rings is 2. The molecule has 3 unspecified atom stereocenters. The third-order valence-corrected chi connectivity index (χ3v) is 11.5. The first-order valence-electron chi connectivity index (χ1n) is 18.2. The molecule has 4 aromatic rings. The van der Waals surface area contributed by atoms with Crippen molar-refractivity contribution < 1.29 is 18.7 Å². The van der Waals surface area contributed by atoms with Gasteiger partial charge in [-0.05, 0) is 59.1 Å². The lowest BCUT2D eigenvalue weighted by atomic mass is 9.86. The molecule has 2 aromatic carbocycles. The molecule has 5 heterocycles. The first-order chi connectivity index (χ1) is 24.5. The number of hydrogen-bond donors (Lipinski definition) is 2. The second-order valence-corrected chi connectivity index (χ2v) is 15.5. The summed E-state index contributed by atoms with van der Waals surface area (Å²) in [6.07, 6.45) is 4.96. The predicted molar refractivity (Wildman–Crippen MR) is 204 cm³/mol. The van der Waals surface area contributed by atoms with Gasteiger partial charge < -0.3 is 30.3 Å². The summed E-state index contributed by atoms with van der Waals surface area (Å²) in [6.45, 7) is 13.8. The van der Waals surface area contributed by atoms with E-state index in [0.29, 0.717) is 59.5 Å². The molecule has 3 aliphatic heterocycles. The van der Waals surface area contributed by atoms with Crippen molar-refractivity contribution >= 4 is 55.0 Å². The van der Waals surface area contributed by atoms with Crippen LogP contribution in [-0.2, 0) is 33.9 Å². The van der Waals surface area contributed by atoms with E-state index in [9.17, 15) is 10.1 Å². The van der Waals surface area contributed by atoms with Crippen molar-refractivity contribution in [3.63, 3.8) is 0 Å². The minimum atomic E-state index is -0.412. The van der Waals surface area contributed by atoms with Crippen molar-refractivity contribution in [1.82, 2.24) is 14.9 Å². The van der Waals surface area contributed by atoms with Crippen LogP contribution in [0.15, 0.2) is 12.1 Å². The van der Waals surface area contributed by atoms with E-state index in [1.54, 1.807) is 18.1 Å². The number of nitrogen functional groups attached to an aromatic ring is 1. The Hall–Kier alpha value is -4.05. The van der Waals surface area contributed by atoms with Crippen molar-refractivity contribution in [3.05, 3.63) is 40.2 Å². The molecule has 2 saturated heterocycles. The maximum absolute atomic E-state index is 15.1. The Morgan fingerprint density at radius 2 is 1.96 bits per heavy atom. The molecule has 2 aromatic heterocycles. The van der Waals surface area contributed by atoms with Crippen LogP contribution in [0.1, 0.15) is 82.6 Å². The molecule has 1 amide bonds. The van der Waals surface area contributed by atoms with Crippen LogP contribution in [0.5, 0.6) is 0 Å². The van der Waals surface area contributed by atoms with E-state index in [4.69, 9.17) is 25.2 Å². The van der Waals surface area contributed by atoms with Gasteiger partial charge in [0.15, 0.2) is 0 Å². The van der Waals surface area contributed by atoms with Crippen molar-refractivity contribution in [2.45, 2.75) is 92.1 Å². The largest absolute Gasteiger partial charge is 0.389 e. The Morgan fingerprint density at radius 1 is 1.20 bits per heavy atom. The molecule has 12 heteroatoms. The number of piperidine rings is 1. The first-order valence-corrected chi connectivity index (χ1v) is 19.0. The van der Waals surface area contributed by atoms with Crippen LogP contribution in [0.2, 0.25) is 0 Å². The van der Waals surface area contributed by atoms with Crippen LogP contribution in [0, 0.1) is 29.0 Å². The number of nitrogens with one attached hydrogen (secondary N) is 1. The van der Waals surface area contributed by atoms with Gasteiger partial charge in [0.2, 0.25) is 11.9 Å². The third-order valence-electron chi connectivity index (χ3n) is 10.5. The quantitative estimate of drug-likeness (QED) is 0.189. The zero-order valence-corrected chi connectivity index (χ0v) is 31.7. The monoisotopic (exact) mass is 715 g/mol. The fourth-order valence-corrected chi connectivity index (χ4v) is 8.82. The lowest BCUT2D eigenvalue weighted by Gasteiger charge is -2.31. The standard InChI is InChI=1S/C33H36FN7O3S.C6H14/c1-5-17-25(18-8-9-22(34)29-26(18)19(11-35)30(36)45-29)20-14-44-15-21(20)27-28(17)38-33(41-12-16(2)24(13-41)43-4)39-31(27)37-23-7-6-10-40(3)32(23)42;1-4-5-6(2)3/h8-9,16,23-24H,5-7,10,12-15,36H2,1-4H3,(H,37,38,39);6H,4-5H2,1-3H3. The highest BCUT2D eigenvalue weighted by Gasteiger charge is 2.35. The number of ether oxygens (including phenoxy) is 2. The number of aryl methyl sites for hydroxylation is 1. The lowest BCUT2D eigenvalue weighted by molar-refractivity contribution is -0.132. The number of carbonyl (C=O) groups is 1. The molecular weight excluding hydrogens is 666 g/mol. The van der Waals surface area contributed by atoms with Gasteiger partial charge in [-0.25, -0.2) is 9.37 Å². The number of amides is 1. The molecule has 3 aliphatic rings. The van der Waals surface area contributed by atoms with Crippen LogP contribution in [0.25, 0.3) is 32.1 Å². The van der Waals surface area contributed by atoms with E-state index >= 15 is 4.39 Å². The maximum Gasteiger partial charge on any atom is 0.244 e. The van der Waals surface area contributed by atoms with Crippen LogP contribution < -0.4 is 16.0 Å². The summed E-state index contributed by atoms with van der Waals surface area (Å²) in [6, 6.07) is 4.99. The van der Waals surface area contributed by atoms with Crippen molar-refractivity contribution in [1.29, 1.82) is 5.26 Å². The number of methoxy groups -OCH3 is 1. The van der Waals surface area contributed by atoms with Gasteiger partial charge in [0.1, 0.15) is 28.7 Å². The zero-order valence-electron chi connectivity index (χ0n) is 30.9. The number of thiophene rings is 1. The molecule has 0 saturated carbocycles. The topological polar surface area (TPSA) is 130 Å². The SMILES string of the molecule is CCCC(C)C.CCc1c(-c2ccc(F)c3sc(N)c(C#N)c23)c2c(c3c(NC4CCCN(C)C4=O)nc(N4CC(C)C(OC)C4)nc13)COC2. The second kappa shape index (κ2) is 15.3. The first kappa shape index (κ1) is 36.7. The highest BCUT2D eigenvalue weighted by atomic mass is 32.1. The highest BCUT2D eigenvalue weighted by Crippen LogP contribution is 2.48. The molecule has 3 atom stereocenters. The van der Waals surface area contributed by atoms with Gasteiger partial charge in [-0.2, -0.15) is 10.2 Å². The number of halogens is 1. The summed E-state index contributed by atoms with van der Waals surface area (Å²) in [7, 11) is 3.56. The Labute approximate surface area is 304 Å². The molecule has 7 rings (SSSR count). The number of rotatable bonds is 8. The van der Waals surface area contributed by atoms with Crippen molar-refractivity contribution in [2.24, 2.45) is 11.8 Å². The number of aromatic nitrogens is 2. The molecule has 0 aliphatic carbocycles. The fraction of sp³-hybridized carbons (Fsp3) is 0.538. The molecule has 0 radical (unpaired) electrons. The minimum Gasteiger partial charge on any atom is -0.389 e. The molecular formula is C39H50FN7O3S.